The van der Waals surface area contributed by atoms with Gasteiger partial charge in [0.25, 0.3) is 0 Å². The molecule has 1 aromatic rings. The van der Waals surface area contributed by atoms with Gasteiger partial charge >= 0.3 is 0 Å². The van der Waals surface area contributed by atoms with Crippen LogP contribution < -0.4 is 5.32 Å². The standard InChI is InChI=1S/C14H19N/c1-14(2,3)13-9-7-12(8-10-13)6-5-11-15-4/h7-10,15H,11H2,1-4H3. The summed E-state index contributed by atoms with van der Waals surface area (Å²) in [6.45, 7) is 7.39. The fraction of sp³-hybridized carbons (Fsp3) is 0.429. The summed E-state index contributed by atoms with van der Waals surface area (Å²) in [5.41, 5.74) is 2.65. The summed E-state index contributed by atoms with van der Waals surface area (Å²) < 4.78 is 0. The van der Waals surface area contributed by atoms with Gasteiger partial charge in [0.2, 0.25) is 0 Å². The molecule has 15 heavy (non-hydrogen) atoms. The van der Waals surface area contributed by atoms with Crippen molar-refractivity contribution in [3.05, 3.63) is 35.4 Å². The van der Waals surface area contributed by atoms with Crippen LogP contribution in [0.4, 0.5) is 0 Å². The second-order valence-electron chi connectivity index (χ2n) is 4.66. The molecule has 0 fully saturated rings. The summed E-state index contributed by atoms with van der Waals surface area (Å²) in [6, 6.07) is 8.49. The lowest BCUT2D eigenvalue weighted by molar-refractivity contribution is 0.590. The Labute approximate surface area is 92.9 Å². The van der Waals surface area contributed by atoms with Crippen LogP contribution in [0.2, 0.25) is 0 Å². The maximum absolute atomic E-state index is 3.11. The van der Waals surface area contributed by atoms with Gasteiger partial charge in [0.05, 0.1) is 6.54 Å². The minimum absolute atomic E-state index is 0.219. The first-order chi connectivity index (χ1) is 7.04. The van der Waals surface area contributed by atoms with Crippen LogP contribution in [0.25, 0.3) is 0 Å². The summed E-state index contributed by atoms with van der Waals surface area (Å²) >= 11 is 0. The molecule has 0 saturated heterocycles. The Morgan fingerprint density at radius 1 is 1.13 bits per heavy atom. The monoisotopic (exact) mass is 201 g/mol. The highest BCUT2D eigenvalue weighted by atomic mass is 14.8. The normalized spacial score (nSPS) is 10.7. The summed E-state index contributed by atoms with van der Waals surface area (Å²) in [5, 5.41) is 3.00. The zero-order valence-corrected chi connectivity index (χ0v) is 10.0. The van der Waals surface area contributed by atoms with Gasteiger partial charge in [-0.15, -0.1) is 0 Å². The highest BCUT2D eigenvalue weighted by molar-refractivity contribution is 5.38. The first kappa shape index (κ1) is 11.8. The van der Waals surface area contributed by atoms with E-state index in [0.717, 1.165) is 12.1 Å². The van der Waals surface area contributed by atoms with Crippen LogP contribution in [0.1, 0.15) is 31.9 Å². The van der Waals surface area contributed by atoms with E-state index < -0.39 is 0 Å². The second kappa shape index (κ2) is 5.00. The molecule has 0 atom stereocenters. The predicted octanol–water partition coefficient (Wildman–Crippen LogP) is 2.56. The van der Waals surface area contributed by atoms with Gasteiger partial charge in [-0.3, -0.25) is 0 Å². The molecule has 0 radical (unpaired) electrons. The van der Waals surface area contributed by atoms with E-state index in [1.54, 1.807) is 0 Å². The Hall–Kier alpha value is -1.26. The van der Waals surface area contributed by atoms with Gasteiger partial charge < -0.3 is 5.32 Å². The Morgan fingerprint density at radius 2 is 1.73 bits per heavy atom. The van der Waals surface area contributed by atoms with Crippen molar-refractivity contribution in [1.29, 1.82) is 0 Å². The van der Waals surface area contributed by atoms with E-state index in [1.165, 1.54) is 5.56 Å². The van der Waals surface area contributed by atoms with Crippen molar-refractivity contribution in [3.8, 4) is 11.8 Å². The third kappa shape index (κ3) is 3.77. The fourth-order valence-electron chi connectivity index (χ4n) is 1.29. The van der Waals surface area contributed by atoms with Gasteiger partial charge in [-0.1, -0.05) is 44.7 Å². The first-order valence-corrected chi connectivity index (χ1v) is 5.28. The van der Waals surface area contributed by atoms with Crippen LogP contribution in [0, 0.1) is 11.8 Å². The zero-order valence-electron chi connectivity index (χ0n) is 10.0. The lowest BCUT2D eigenvalue weighted by Gasteiger charge is -2.18. The van der Waals surface area contributed by atoms with Gasteiger partial charge in [-0.2, -0.15) is 0 Å². The summed E-state index contributed by atoms with van der Waals surface area (Å²) in [7, 11) is 1.90. The number of benzene rings is 1. The molecule has 0 aliphatic heterocycles. The molecule has 0 unspecified atom stereocenters. The molecule has 0 bridgehead atoms. The molecule has 1 nitrogen and oxygen atoms in total. The molecule has 80 valence electrons. The minimum atomic E-state index is 0.219. The molecule has 1 N–H and O–H groups in total. The van der Waals surface area contributed by atoms with Crippen molar-refractivity contribution in [1.82, 2.24) is 5.32 Å². The minimum Gasteiger partial charge on any atom is -0.309 e. The third-order valence-corrected chi connectivity index (χ3v) is 2.25. The van der Waals surface area contributed by atoms with Crippen LogP contribution in [-0.2, 0) is 5.41 Å². The van der Waals surface area contributed by atoms with Crippen LogP contribution in [0.5, 0.6) is 0 Å². The van der Waals surface area contributed by atoms with E-state index >= 15 is 0 Å². The number of hydrogen-bond acceptors (Lipinski definition) is 1. The SMILES string of the molecule is CNCC#Cc1ccc(C(C)(C)C)cc1. The van der Waals surface area contributed by atoms with Crippen molar-refractivity contribution >= 4 is 0 Å². The molecule has 0 saturated carbocycles. The van der Waals surface area contributed by atoms with Gasteiger partial charge in [0, 0.05) is 5.56 Å². The topological polar surface area (TPSA) is 12.0 Å². The van der Waals surface area contributed by atoms with Crippen LogP contribution in [0.3, 0.4) is 0 Å². The van der Waals surface area contributed by atoms with Crippen molar-refractivity contribution < 1.29 is 0 Å². The summed E-state index contributed by atoms with van der Waals surface area (Å²) in [6.07, 6.45) is 0. The van der Waals surface area contributed by atoms with Crippen molar-refractivity contribution in [2.75, 3.05) is 13.6 Å². The van der Waals surface area contributed by atoms with Crippen LogP contribution in [-0.4, -0.2) is 13.6 Å². The van der Waals surface area contributed by atoms with Gasteiger partial charge in [-0.05, 0) is 30.2 Å². The van der Waals surface area contributed by atoms with Crippen LogP contribution in [0.15, 0.2) is 24.3 Å². The second-order valence-corrected chi connectivity index (χ2v) is 4.66. The lowest BCUT2D eigenvalue weighted by atomic mass is 9.87. The van der Waals surface area contributed by atoms with E-state index in [2.05, 4.69) is 62.2 Å². The quantitative estimate of drug-likeness (QED) is 0.689. The first-order valence-electron chi connectivity index (χ1n) is 5.28. The van der Waals surface area contributed by atoms with E-state index in [0.29, 0.717) is 0 Å². The molecular weight excluding hydrogens is 182 g/mol. The molecule has 0 aliphatic rings. The van der Waals surface area contributed by atoms with Gasteiger partial charge in [-0.25, -0.2) is 0 Å². The largest absolute Gasteiger partial charge is 0.309 e. The van der Waals surface area contributed by atoms with E-state index in [1.807, 2.05) is 7.05 Å². The van der Waals surface area contributed by atoms with Crippen molar-refractivity contribution in [2.24, 2.45) is 0 Å². The molecule has 0 spiro atoms. The zero-order chi connectivity index (χ0) is 11.3. The Bertz CT molecular complexity index is 357. The number of hydrogen-bond donors (Lipinski definition) is 1. The average Bonchev–Trinajstić information content (AvgIpc) is 2.18. The smallest absolute Gasteiger partial charge is 0.0577 e. The molecule has 0 aromatic heterocycles. The fourth-order valence-corrected chi connectivity index (χ4v) is 1.29. The number of rotatable bonds is 1. The highest BCUT2D eigenvalue weighted by Crippen LogP contribution is 2.21. The highest BCUT2D eigenvalue weighted by Gasteiger charge is 2.12. The third-order valence-electron chi connectivity index (χ3n) is 2.25. The number of nitrogens with one attached hydrogen (secondary N) is 1. The van der Waals surface area contributed by atoms with Gasteiger partial charge in [0.1, 0.15) is 0 Å². The molecular formula is C14H19N. The predicted molar refractivity (Wildman–Crippen MR) is 65.9 cm³/mol. The molecule has 0 aliphatic carbocycles. The molecule has 1 aromatic carbocycles. The molecule has 0 amide bonds. The van der Waals surface area contributed by atoms with Crippen LogP contribution >= 0.6 is 0 Å². The van der Waals surface area contributed by atoms with E-state index in [4.69, 9.17) is 0 Å². The molecule has 1 rings (SSSR count). The maximum atomic E-state index is 3.11. The van der Waals surface area contributed by atoms with Crippen molar-refractivity contribution in [2.45, 2.75) is 26.2 Å². The average molecular weight is 201 g/mol. The molecule has 0 heterocycles. The summed E-state index contributed by atoms with van der Waals surface area (Å²) in [5.74, 6) is 6.16. The lowest BCUT2D eigenvalue weighted by Crippen LogP contribution is -2.10. The van der Waals surface area contributed by atoms with E-state index in [-0.39, 0.29) is 5.41 Å². The Balaban J connectivity index is 2.79. The van der Waals surface area contributed by atoms with Gasteiger partial charge in [0.15, 0.2) is 0 Å². The Morgan fingerprint density at radius 3 is 2.20 bits per heavy atom. The molecule has 1 heteroatoms. The van der Waals surface area contributed by atoms with Crippen molar-refractivity contribution in [3.63, 3.8) is 0 Å². The Kier molecular flexibility index (Phi) is 3.94. The summed E-state index contributed by atoms with van der Waals surface area (Å²) in [4.78, 5) is 0. The maximum Gasteiger partial charge on any atom is 0.0577 e. The van der Waals surface area contributed by atoms with E-state index in [9.17, 15) is 0 Å².